The average molecular weight is 187 g/mol. The van der Waals surface area contributed by atoms with Crippen molar-refractivity contribution >= 4 is 0 Å². The summed E-state index contributed by atoms with van der Waals surface area (Å²) in [6, 6.07) is 0.653. The minimum Gasteiger partial charge on any atom is -0.391 e. The predicted octanol–water partition coefficient (Wildman–Crippen LogP) is 0.197. The molecule has 1 fully saturated rings. The van der Waals surface area contributed by atoms with Gasteiger partial charge < -0.3 is 14.9 Å². The van der Waals surface area contributed by atoms with E-state index in [1.165, 1.54) is 19.5 Å². The average Bonchev–Trinajstić information content (AvgIpc) is 2.19. The van der Waals surface area contributed by atoms with Crippen molar-refractivity contribution in [3.63, 3.8) is 0 Å². The van der Waals surface area contributed by atoms with Gasteiger partial charge >= 0.3 is 0 Å². The Morgan fingerprint density at radius 1 is 1.46 bits per heavy atom. The first kappa shape index (κ1) is 11.0. The highest BCUT2D eigenvalue weighted by Crippen LogP contribution is 2.12. The molecule has 3 heteroatoms. The van der Waals surface area contributed by atoms with Gasteiger partial charge in [-0.05, 0) is 13.3 Å². The fourth-order valence-electron chi connectivity index (χ4n) is 2.26. The van der Waals surface area contributed by atoms with E-state index in [1.54, 1.807) is 0 Å². The van der Waals surface area contributed by atoms with E-state index in [4.69, 9.17) is 5.11 Å². The van der Waals surface area contributed by atoms with Crippen LogP contribution in [0.15, 0.2) is 0 Å². The predicted molar refractivity (Wildman–Crippen MR) is 54.6 cm³/mol. The molecule has 1 aliphatic rings. The molecule has 0 aliphatic carbocycles. The van der Waals surface area contributed by atoms with Gasteiger partial charge in [-0.3, -0.25) is 0 Å². The van der Waals surface area contributed by atoms with Crippen LogP contribution >= 0.6 is 0 Å². The molecule has 2 unspecified atom stereocenters. The third kappa shape index (κ3) is 2.66. The maximum absolute atomic E-state index is 9.04. The summed E-state index contributed by atoms with van der Waals surface area (Å²) < 4.78 is 1.10. The Balaban J connectivity index is 2.53. The Morgan fingerprint density at radius 3 is 2.77 bits per heavy atom. The van der Waals surface area contributed by atoms with Gasteiger partial charge in [0, 0.05) is 6.54 Å². The molecule has 0 aromatic rings. The van der Waals surface area contributed by atoms with Gasteiger partial charge in [-0.1, -0.05) is 6.92 Å². The number of piperazine rings is 1. The molecule has 1 saturated heterocycles. The van der Waals surface area contributed by atoms with Gasteiger partial charge in [0.15, 0.2) is 0 Å². The highest BCUT2D eigenvalue weighted by molar-refractivity contribution is 4.69. The normalized spacial score (nSPS) is 34.8. The lowest BCUT2D eigenvalue weighted by Gasteiger charge is -2.43. The third-order valence-corrected chi connectivity index (χ3v) is 3.36. The van der Waals surface area contributed by atoms with E-state index < -0.39 is 0 Å². The number of aliphatic hydroxyl groups is 1. The van der Waals surface area contributed by atoms with E-state index in [0.717, 1.165) is 24.1 Å². The zero-order valence-corrected chi connectivity index (χ0v) is 8.92. The summed E-state index contributed by atoms with van der Waals surface area (Å²) in [6.07, 6.45) is 1.20. The van der Waals surface area contributed by atoms with Crippen LogP contribution in [-0.4, -0.2) is 55.0 Å². The molecule has 13 heavy (non-hydrogen) atoms. The van der Waals surface area contributed by atoms with Crippen LogP contribution < -0.4 is 5.32 Å². The van der Waals surface area contributed by atoms with Crippen molar-refractivity contribution in [2.45, 2.75) is 26.3 Å². The molecule has 2 N–H and O–H groups in total. The monoisotopic (exact) mass is 187 g/mol. The van der Waals surface area contributed by atoms with E-state index in [0.29, 0.717) is 12.6 Å². The molecule has 0 bridgehead atoms. The third-order valence-electron chi connectivity index (χ3n) is 3.36. The van der Waals surface area contributed by atoms with Crippen molar-refractivity contribution in [3.05, 3.63) is 0 Å². The first-order valence-corrected chi connectivity index (χ1v) is 5.45. The number of likely N-dealkylation sites (N-methyl/N-ethyl adjacent to an activating group) is 1. The van der Waals surface area contributed by atoms with Gasteiger partial charge in [0.1, 0.15) is 6.54 Å². The van der Waals surface area contributed by atoms with Gasteiger partial charge in [0.05, 0.1) is 32.3 Å². The van der Waals surface area contributed by atoms with Crippen LogP contribution in [-0.2, 0) is 0 Å². The van der Waals surface area contributed by atoms with Crippen molar-refractivity contribution in [1.29, 1.82) is 0 Å². The van der Waals surface area contributed by atoms with Crippen LogP contribution in [0.4, 0.5) is 0 Å². The minimum atomic E-state index is 0.324. The highest BCUT2D eigenvalue weighted by atomic mass is 16.3. The van der Waals surface area contributed by atoms with E-state index >= 15 is 0 Å². The van der Waals surface area contributed by atoms with Crippen molar-refractivity contribution in [3.8, 4) is 0 Å². The Hall–Kier alpha value is -0.120. The molecule has 1 heterocycles. The van der Waals surface area contributed by atoms with Crippen LogP contribution in [0.2, 0.25) is 0 Å². The second-order valence-corrected chi connectivity index (χ2v) is 4.07. The van der Waals surface area contributed by atoms with Crippen molar-refractivity contribution < 1.29 is 9.59 Å². The Bertz CT molecular complexity index is 148. The Labute approximate surface area is 81.3 Å². The van der Waals surface area contributed by atoms with E-state index in [-0.39, 0.29) is 0 Å². The molecule has 0 radical (unpaired) electrons. The Morgan fingerprint density at radius 2 is 2.23 bits per heavy atom. The summed E-state index contributed by atoms with van der Waals surface area (Å²) in [7, 11) is 0. The second kappa shape index (κ2) is 4.94. The number of hydrogen-bond donors (Lipinski definition) is 2. The molecule has 0 saturated carbocycles. The van der Waals surface area contributed by atoms with Gasteiger partial charge in [0.25, 0.3) is 0 Å². The zero-order chi connectivity index (χ0) is 9.73. The smallest absolute Gasteiger partial charge is 0.102 e. The topological polar surface area (TPSA) is 32.3 Å². The molecular formula is C10H23N2O+. The summed E-state index contributed by atoms with van der Waals surface area (Å²) in [5, 5.41) is 12.6. The van der Waals surface area contributed by atoms with Crippen LogP contribution in [0, 0.1) is 0 Å². The van der Waals surface area contributed by atoms with Gasteiger partial charge in [0.2, 0.25) is 0 Å². The number of rotatable bonds is 4. The maximum atomic E-state index is 9.04. The summed E-state index contributed by atoms with van der Waals surface area (Å²) >= 11 is 0. The number of aliphatic hydroxyl groups excluding tert-OH is 1. The van der Waals surface area contributed by atoms with Crippen molar-refractivity contribution in [2.24, 2.45) is 0 Å². The van der Waals surface area contributed by atoms with Gasteiger partial charge in [-0.15, -0.1) is 0 Å². The molecule has 0 aromatic heterocycles. The number of nitrogens with one attached hydrogen (secondary N) is 1. The first-order chi connectivity index (χ1) is 6.26. The number of quaternary nitrogens is 1. The number of hydrogen-bond acceptors (Lipinski definition) is 2. The van der Waals surface area contributed by atoms with E-state index in [9.17, 15) is 0 Å². The van der Waals surface area contributed by atoms with E-state index in [1.807, 2.05) is 0 Å². The summed E-state index contributed by atoms with van der Waals surface area (Å²) in [5.41, 5.74) is 0. The first-order valence-electron chi connectivity index (χ1n) is 5.45. The summed E-state index contributed by atoms with van der Waals surface area (Å²) in [6.45, 7) is 10.3. The van der Waals surface area contributed by atoms with Crippen molar-refractivity contribution in [1.82, 2.24) is 5.32 Å². The largest absolute Gasteiger partial charge is 0.391 e. The van der Waals surface area contributed by atoms with Crippen LogP contribution in [0.25, 0.3) is 0 Å². The van der Waals surface area contributed by atoms with Crippen LogP contribution in [0.5, 0.6) is 0 Å². The molecule has 0 amide bonds. The van der Waals surface area contributed by atoms with Gasteiger partial charge in [-0.25, -0.2) is 0 Å². The molecule has 3 nitrogen and oxygen atoms in total. The lowest BCUT2D eigenvalue weighted by atomic mass is 10.1. The fourth-order valence-corrected chi connectivity index (χ4v) is 2.26. The van der Waals surface area contributed by atoms with Gasteiger partial charge in [-0.2, -0.15) is 0 Å². The summed E-state index contributed by atoms with van der Waals surface area (Å²) in [4.78, 5) is 0. The zero-order valence-electron chi connectivity index (χ0n) is 8.92. The SMILES string of the molecule is CCC1C[N+](CC)(CCO)CCN1. The molecule has 1 rings (SSSR count). The highest BCUT2D eigenvalue weighted by Gasteiger charge is 2.31. The lowest BCUT2D eigenvalue weighted by Crippen LogP contribution is -2.63. The lowest BCUT2D eigenvalue weighted by molar-refractivity contribution is -0.930. The summed E-state index contributed by atoms with van der Waals surface area (Å²) in [5.74, 6) is 0. The van der Waals surface area contributed by atoms with Crippen LogP contribution in [0.3, 0.4) is 0 Å². The molecule has 78 valence electrons. The number of nitrogens with zero attached hydrogens (tertiary/aromatic N) is 1. The molecule has 2 atom stereocenters. The molecule has 0 aromatic carbocycles. The molecular weight excluding hydrogens is 164 g/mol. The molecule has 0 spiro atoms. The fraction of sp³-hybridized carbons (Fsp3) is 1.00. The molecule has 1 aliphatic heterocycles. The maximum Gasteiger partial charge on any atom is 0.102 e. The Kier molecular flexibility index (Phi) is 4.16. The quantitative estimate of drug-likeness (QED) is 0.616. The minimum absolute atomic E-state index is 0.324. The van der Waals surface area contributed by atoms with Crippen molar-refractivity contribution in [2.75, 3.05) is 39.3 Å². The van der Waals surface area contributed by atoms with E-state index in [2.05, 4.69) is 19.2 Å². The standard InChI is InChI=1S/C10H23N2O/c1-3-10-9-12(4-2,7-8-13)6-5-11-10/h10-11,13H,3-9H2,1-2H3/q+1. The van der Waals surface area contributed by atoms with Crippen LogP contribution in [0.1, 0.15) is 20.3 Å². The second-order valence-electron chi connectivity index (χ2n) is 4.07.